The molecule has 27 heavy (non-hydrogen) atoms. The summed E-state index contributed by atoms with van der Waals surface area (Å²) in [4.78, 5) is 26.2. The average Bonchev–Trinajstić information content (AvgIpc) is 2.67. The molecule has 1 aliphatic heterocycles. The van der Waals surface area contributed by atoms with Crippen LogP contribution in [0.4, 0.5) is 0 Å². The van der Waals surface area contributed by atoms with Gasteiger partial charge in [-0.25, -0.2) is 0 Å². The van der Waals surface area contributed by atoms with Gasteiger partial charge in [-0.05, 0) is 37.1 Å². The van der Waals surface area contributed by atoms with E-state index in [0.717, 1.165) is 5.75 Å². The Kier molecular flexibility index (Phi) is 6.01. The predicted octanol–water partition coefficient (Wildman–Crippen LogP) is 3.52. The molecule has 0 saturated carbocycles. The molecule has 2 aromatic carbocycles. The highest BCUT2D eigenvalue weighted by atomic mass is 35.5. The van der Waals surface area contributed by atoms with Crippen LogP contribution in [0.25, 0.3) is 0 Å². The molecule has 0 atom stereocenters. The molecule has 0 aliphatic carbocycles. The molecular formula is C21H23ClN2O3. The molecule has 1 saturated heterocycles. The molecule has 0 bridgehead atoms. The minimum absolute atomic E-state index is 0.0859. The van der Waals surface area contributed by atoms with Crippen LogP contribution >= 0.6 is 11.6 Å². The Morgan fingerprint density at radius 1 is 1.04 bits per heavy atom. The van der Waals surface area contributed by atoms with Gasteiger partial charge >= 0.3 is 0 Å². The summed E-state index contributed by atoms with van der Waals surface area (Å²) in [6, 6.07) is 16.5. The number of hydrogen-bond donors (Lipinski definition) is 1. The summed E-state index contributed by atoms with van der Waals surface area (Å²) < 4.78 is 5.92. The van der Waals surface area contributed by atoms with Gasteiger partial charge < -0.3 is 15.4 Å². The Labute approximate surface area is 164 Å². The highest BCUT2D eigenvalue weighted by Crippen LogP contribution is 2.36. The van der Waals surface area contributed by atoms with Gasteiger partial charge in [-0.3, -0.25) is 9.59 Å². The summed E-state index contributed by atoms with van der Waals surface area (Å²) in [6.45, 7) is 1.47. The van der Waals surface area contributed by atoms with E-state index in [4.69, 9.17) is 22.1 Å². The molecule has 2 amide bonds. The van der Waals surface area contributed by atoms with E-state index in [1.54, 1.807) is 29.2 Å². The van der Waals surface area contributed by atoms with Crippen LogP contribution in [0, 0.1) is 5.41 Å². The largest absolute Gasteiger partial charge is 0.493 e. The van der Waals surface area contributed by atoms with Crippen LogP contribution < -0.4 is 10.5 Å². The second-order valence-electron chi connectivity index (χ2n) is 7.02. The first kappa shape index (κ1) is 19.2. The van der Waals surface area contributed by atoms with E-state index in [1.807, 2.05) is 30.3 Å². The number of carbonyl (C=O) groups excluding carboxylic acids is 2. The van der Waals surface area contributed by atoms with Crippen molar-refractivity contribution >= 4 is 23.4 Å². The van der Waals surface area contributed by atoms with E-state index in [-0.39, 0.29) is 23.7 Å². The number of piperidine rings is 1. The van der Waals surface area contributed by atoms with E-state index in [0.29, 0.717) is 43.1 Å². The highest BCUT2D eigenvalue weighted by Gasteiger charge is 2.38. The van der Waals surface area contributed by atoms with Gasteiger partial charge in [0.05, 0.1) is 17.2 Å². The second-order valence-corrected chi connectivity index (χ2v) is 7.42. The van der Waals surface area contributed by atoms with Crippen LogP contribution in [0.1, 0.15) is 29.6 Å². The third-order valence-electron chi connectivity index (χ3n) is 5.05. The maximum atomic E-state index is 12.8. The molecule has 0 radical (unpaired) electrons. The number of benzene rings is 2. The van der Waals surface area contributed by atoms with Crippen LogP contribution in [0.5, 0.6) is 5.75 Å². The number of para-hydroxylation sites is 1. The topological polar surface area (TPSA) is 72.6 Å². The van der Waals surface area contributed by atoms with Crippen molar-refractivity contribution < 1.29 is 14.3 Å². The van der Waals surface area contributed by atoms with Crippen LogP contribution in [0.15, 0.2) is 54.6 Å². The predicted molar refractivity (Wildman–Crippen MR) is 105 cm³/mol. The van der Waals surface area contributed by atoms with E-state index in [1.165, 1.54) is 0 Å². The quantitative estimate of drug-likeness (QED) is 0.825. The van der Waals surface area contributed by atoms with Gasteiger partial charge in [0.15, 0.2) is 0 Å². The first-order chi connectivity index (χ1) is 13.0. The third-order valence-corrected chi connectivity index (χ3v) is 5.38. The number of primary amides is 1. The number of carbonyl (C=O) groups is 2. The van der Waals surface area contributed by atoms with E-state index in [9.17, 15) is 9.59 Å². The molecule has 142 valence electrons. The van der Waals surface area contributed by atoms with Crippen LogP contribution in [-0.2, 0) is 4.79 Å². The molecule has 0 unspecified atom stereocenters. The summed E-state index contributed by atoms with van der Waals surface area (Å²) in [6.07, 6.45) is 1.55. The number of hydrogen-bond acceptors (Lipinski definition) is 3. The zero-order valence-electron chi connectivity index (χ0n) is 15.1. The van der Waals surface area contributed by atoms with Gasteiger partial charge in [-0.1, -0.05) is 41.9 Å². The fourth-order valence-electron chi connectivity index (χ4n) is 3.48. The van der Waals surface area contributed by atoms with Crippen molar-refractivity contribution in [2.24, 2.45) is 11.1 Å². The van der Waals surface area contributed by atoms with Crippen molar-refractivity contribution in [2.75, 3.05) is 19.7 Å². The molecule has 1 aliphatic rings. The van der Waals surface area contributed by atoms with Crippen molar-refractivity contribution in [3.8, 4) is 5.75 Å². The van der Waals surface area contributed by atoms with Gasteiger partial charge in [0, 0.05) is 24.9 Å². The lowest BCUT2D eigenvalue weighted by molar-refractivity contribution is -0.121. The smallest absolute Gasteiger partial charge is 0.255 e. The lowest BCUT2D eigenvalue weighted by Gasteiger charge is -2.41. The summed E-state index contributed by atoms with van der Waals surface area (Å²) in [5.41, 5.74) is 5.63. The summed E-state index contributed by atoms with van der Waals surface area (Å²) in [7, 11) is 0. The number of halogens is 1. The van der Waals surface area contributed by atoms with Crippen LogP contribution in [0.3, 0.4) is 0 Å². The maximum Gasteiger partial charge on any atom is 0.255 e. The minimum Gasteiger partial charge on any atom is -0.493 e. The van der Waals surface area contributed by atoms with E-state index < -0.39 is 0 Å². The normalized spacial score (nSPS) is 16.0. The summed E-state index contributed by atoms with van der Waals surface area (Å²) in [5.74, 6) is 0.325. The van der Waals surface area contributed by atoms with Crippen molar-refractivity contribution in [3.05, 3.63) is 65.2 Å². The fraction of sp³-hybridized carbons (Fsp3) is 0.333. The highest BCUT2D eigenvalue weighted by molar-refractivity contribution is 6.33. The van der Waals surface area contributed by atoms with Crippen LogP contribution in [-0.4, -0.2) is 36.4 Å². The molecule has 3 rings (SSSR count). The third kappa shape index (κ3) is 4.80. The Hall–Kier alpha value is -2.53. The van der Waals surface area contributed by atoms with Gasteiger partial charge in [0.1, 0.15) is 5.75 Å². The monoisotopic (exact) mass is 386 g/mol. The zero-order valence-corrected chi connectivity index (χ0v) is 15.8. The minimum atomic E-state index is -0.362. The molecule has 0 aromatic heterocycles. The number of likely N-dealkylation sites (tertiary alicyclic amines) is 1. The molecule has 1 heterocycles. The Balaban J connectivity index is 1.67. The maximum absolute atomic E-state index is 12.8. The summed E-state index contributed by atoms with van der Waals surface area (Å²) in [5, 5.41) is 0.448. The number of nitrogens with two attached hydrogens (primary N) is 1. The lowest BCUT2D eigenvalue weighted by Crippen LogP contribution is -2.47. The van der Waals surface area contributed by atoms with E-state index >= 15 is 0 Å². The fourth-order valence-corrected chi connectivity index (χ4v) is 3.70. The van der Waals surface area contributed by atoms with Crippen molar-refractivity contribution in [3.63, 3.8) is 0 Å². The molecule has 2 N–H and O–H groups in total. The standard InChI is InChI=1S/C21H23ClN2O3/c22-18-9-5-4-8-17(18)20(26)24-12-10-21(11-13-24,14-19(23)25)15-27-16-6-2-1-3-7-16/h1-9H,10-15H2,(H2,23,25). The van der Waals surface area contributed by atoms with Gasteiger partial charge in [0.2, 0.25) is 5.91 Å². The molecule has 0 spiro atoms. The Bertz CT molecular complexity index is 802. The second kappa shape index (κ2) is 8.44. The molecular weight excluding hydrogens is 364 g/mol. The zero-order chi connectivity index (χ0) is 19.3. The summed E-state index contributed by atoms with van der Waals surface area (Å²) >= 11 is 6.15. The SMILES string of the molecule is NC(=O)CC1(COc2ccccc2)CCN(C(=O)c2ccccc2Cl)CC1. The lowest BCUT2D eigenvalue weighted by atomic mass is 9.76. The van der Waals surface area contributed by atoms with Crippen LogP contribution in [0.2, 0.25) is 5.02 Å². The van der Waals surface area contributed by atoms with Gasteiger partial charge in [-0.15, -0.1) is 0 Å². The van der Waals surface area contributed by atoms with Gasteiger partial charge in [-0.2, -0.15) is 0 Å². The number of ether oxygens (including phenoxy) is 1. The molecule has 6 heteroatoms. The van der Waals surface area contributed by atoms with Crippen molar-refractivity contribution in [2.45, 2.75) is 19.3 Å². The Morgan fingerprint density at radius 3 is 2.30 bits per heavy atom. The molecule has 2 aromatic rings. The average molecular weight is 387 g/mol. The van der Waals surface area contributed by atoms with Crippen molar-refractivity contribution in [1.29, 1.82) is 0 Å². The number of rotatable bonds is 6. The first-order valence-corrected chi connectivity index (χ1v) is 9.37. The number of nitrogens with zero attached hydrogens (tertiary/aromatic N) is 1. The van der Waals surface area contributed by atoms with Gasteiger partial charge in [0.25, 0.3) is 5.91 Å². The molecule has 1 fully saturated rings. The van der Waals surface area contributed by atoms with Crippen molar-refractivity contribution in [1.82, 2.24) is 4.90 Å². The first-order valence-electron chi connectivity index (χ1n) is 8.99. The van der Waals surface area contributed by atoms with E-state index in [2.05, 4.69) is 0 Å². The molecule has 5 nitrogen and oxygen atoms in total. The Morgan fingerprint density at radius 2 is 1.67 bits per heavy atom. The number of amides is 2.